The molecule has 4 rings (SSSR count). The molecule has 7 heteroatoms. The third-order valence-electron chi connectivity index (χ3n) is 3.84. The molecule has 0 aliphatic heterocycles. The van der Waals surface area contributed by atoms with Gasteiger partial charge >= 0.3 is 0 Å². The second-order valence-electron chi connectivity index (χ2n) is 6.07. The zero-order valence-corrected chi connectivity index (χ0v) is 15.9. The SMILES string of the molecule is Cc1ccc2nc(NC(=O)COc3ccc(Oc4ccccn4)cc3)sc2c1. The summed E-state index contributed by atoms with van der Waals surface area (Å²) in [5, 5.41) is 3.34. The van der Waals surface area contributed by atoms with Gasteiger partial charge in [-0.1, -0.05) is 23.5 Å². The van der Waals surface area contributed by atoms with Gasteiger partial charge < -0.3 is 9.47 Å². The molecule has 0 aliphatic rings. The Hall–Kier alpha value is -3.45. The van der Waals surface area contributed by atoms with E-state index < -0.39 is 0 Å². The van der Waals surface area contributed by atoms with E-state index in [4.69, 9.17) is 9.47 Å². The molecule has 2 heterocycles. The molecule has 0 atom stereocenters. The number of aryl methyl sites for hydroxylation is 1. The molecule has 140 valence electrons. The van der Waals surface area contributed by atoms with Crippen LogP contribution in [0.3, 0.4) is 0 Å². The number of hydrogen-bond acceptors (Lipinski definition) is 6. The number of pyridine rings is 1. The first-order chi connectivity index (χ1) is 13.7. The summed E-state index contributed by atoms with van der Waals surface area (Å²) in [6, 6.07) is 18.5. The maximum atomic E-state index is 12.1. The van der Waals surface area contributed by atoms with Crippen molar-refractivity contribution in [3.8, 4) is 17.4 Å². The average molecular weight is 391 g/mol. The molecule has 2 aromatic heterocycles. The van der Waals surface area contributed by atoms with Crippen LogP contribution in [0.2, 0.25) is 0 Å². The molecule has 0 saturated heterocycles. The molecule has 0 fully saturated rings. The standard InChI is InChI=1S/C21H17N3O3S/c1-14-5-10-17-18(12-14)28-21(23-17)24-19(25)13-26-15-6-8-16(9-7-15)27-20-4-2-3-11-22-20/h2-12H,13H2,1H3,(H,23,24,25). The number of nitrogens with one attached hydrogen (secondary N) is 1. The van der Waals surface area contributed by atoms with E-state index >= 15 is 0 Å². The Morgan fingerprint density at radius 2 is 1.89 bits per heavy atom. The Morgan fingerprint density at radius 1 is 1.07 bits per heavy atom. The van der Waals surface area contributed by atoms with Crippen LogP contribution >= 0.6 is 11.3 Å². The lowest BCUT2D eigenvalue weighted by molar-refractivity contribution is -0.118. The smallest absolute Gasteiger partial charge is 0.264 e. The minimum atomic E-state index is -0.260. The average Bonchev–Trinajstić information content (AvgIpc) is 3.09. The molecule has 1 N–H and O–H groups in total. The number of anilines is 1. The maximum absolute atomic E-state index is 12.1. The van der Waals surface area contributed by atoms with Crippen molar-refractivity contribution in [2.45, 2.75) is 6.92 Å². The van der Waals surface area contributed by atoms with Crippen molar-refractivity contribution in [3.63, 3.8) is 0 Å². The van der Waals surface area contributed by atoms with Crippen LogP contribution in [0.1, 0.15) is 5.56 Å². The highest BCUT2D eigenvalue weighted by Gasteiger charge is 2.09. The topological polar surface area (TPSA) is 73.3 Å². The van der Waals surface area contributed by atoms with Crippen molar-refractivity contribution in [3.05, 3.63) is 72.4 Å². The first-order valence-electron chi connectivity index (χ1n) is 8.64. The highest BCUT2D eigenvalue weighted by Crippen LogP contribution is 2.27. The number of ether oxygens (including phenoxy) is 2. The molecule has 6 nitrogen and oxygen atoms in total. The Morgan fingerprint density at radius 3 is 2.68 bits per heavy atom. The van der Waals surface area contributed by atoms with Gasteiger partial charge in [-0.25, -0.2) is 9.97 Å². The molecular formula is C21H17N3O3S. The van der Waals surface area contributed by atoms with Crippen LogP contribution in [0.5, 0.6) is 17.4 Å². The summed E-state index contributed by atoms with van der Waals surface area (Å²) in [5.74, 6) is 1.47. The Kier molecular flexibility index (Phi) is 5.16. The Balaban J connectivity index is 1.31. The van der Waals surface area contributed by atoms with Crippen LogP contribution in [-0.2, 0) is 4.79 Å². The van der Waals surface area contributed by atoms with Gasteiger partial charge in [0, 0.05) is 12.3 Å². The molecule has 2 aromatic carbocycles. The first kappa shape index (κ1) is 17.9. The van der Waals surface area contributed by atoms with Crippen molar-refractivity contribution in [1.82, 2.24) is 9.97 Å². The quantitative estimate of drug-likeness (QED) is 0.511. The lowest BCUT2D eigenvalue weighted by atomic mass is 10.2. The van der Waals surface area contributed by atoms with Crippen molar-refractivity contribution < 1.29 is 14.3 Å². The number of fused-ring (bicyclic) bond motifs is 1. The number of carbonyl (C=O) groups is 1. The van der Waals surface area contributed by atoms with Gasteiger partial charge in [0.05, 0.1) is 10.2 Å². The molecule has 0 unspecified atom stereocenters. The van der Waals surface area contributed by atoms with Gasteiger partial charge in [0.25, 0.3) is 5.91 Å². The second-order valence-corrected chi connectivity index (χ2v) is 7.10. The Labute approximate surface area is 165 Å². The molecule has 28 heavy (non-hydrogen) atoms. The molecule has 0 saturated carbocycles. The Bertz CT molecular complexity index is 1100. The van der Waals surface area contributed by atoms with Gasteiger partial charge in [0.15, 0.2) is 11.7 Å². The summed E-state index contributed by atoms with van der Waals surface area (Å²) in [7, 11) is 0. The van der Waals surface area contributed by atoms with Crippen LogP contribution in [0.4, 0.5) is 5.13 Å². The molecule has 0 radical (unpaired) electrons. The summed E-state index contributed by atoms with van der Waals surface area (Å²) in [6.07, 6.45) is 1.66. The zero-order valence-electron chi connectivity index (χ0n) is 15.1. The summed E-state index contributed by atoms with van der Waals surface area (Å²) < 4.78 is 12.2. The van der Waals surface area contributed by atoms with Crippen LogP contribution in [-0.4, -0.2) is 22.5 Å². The number of carbonyl (C=O) groups excluding carboxylic acids is 1. The zero-order chi connectivity index (χ0) is 19.3. The van der Waals surface area contributed by atoms with Crippen LogP contribution in [0, 0.1) is 6.92 Å². The minimum Gasteiger partial charge on any atom is -0.484 e. The summed E-state index contributed by atoms with van der Waals surface area (Å²) in [4.78, 5) is 20.6. The largest absolute Gasteiger partial charge is 0.484 e. The van der Waals surface area contributed by atoms with Crippen molar-refractivity contribution in [2.24, 2.45) is 0 Å². The minimum absolute atomic E-state index is 0.102. The fourth-order valence-electron chi connectivity index (χ4n) is 2.52. The highest BCUT2D eigenvalue weighted by molar-refractivity contribution is 7.22. The summed E-state index contributed by atoms with van der Waals surface area (Å²) >= 11 is 1.44. The maximum Gasteiger partial charge on any atom is 0.264 e. The van der Waals surface area contributed by atoms with Crippen LogP contribution < -0.4 is 14.8 Å². The second kappa shape index (κ2) is 8.06. The third-order valence-corrected chi connectivity index (χ3v) is 4.78. The molecular weight excluding hydrogens is 374 g/mol. The molecule has 0 bridgehead atoms. The normalized spacial score (nSPS) is 10.6. The molecule has 4 aromatic rings. The number of nitrogens with zero attached hydrogens (tertiary/aromatic N) is 2. The monoisotopic (exact) mass is 391 g/mol. The molecule has 1 amide bonds. The predicted octanol–water partition coefficient (Wildman–Crippen LogP) is 4.81. The lowest BCUT2D eigenvalue weighted by Crippen LogP contribution is -2.19. The van der Waals surface area contributed by atoms with E-state index in [0.29, 0.717) is 22.5 Å². The van der Waals surface area contributed by atoms with E-state index in [1.807, 2.05) is 37.3 Å². The van der Waals surface area contributed by atoms with Crippen molar-refractivity contribution in [1.29, 1.82) is 0 Å². The van der Waals surface area contributed by atoms with Gasteiger partial charge in [-0.15, -0.1) is 0 Å². The summed E-state index contributed by atoms with van der Waals surface area (Å²) in [5.41, 5.74) is 2.03. The number of aromatic nitrogens is 2. The van der Waals surface area contributed by atoms with E-state index in [0.717, 1.165) is 15.8 Å². The van der Waals surface area contributed by atoms with Crippen molar-refractivity contribution in [2.75, 3.05) is 11.9 Å². The van der Waals surface area contributed by atoms with Gasteiger partial charge in [-0.05, 0) is 55.0 Å². The van der Waals surface area contributed by atoms with Crippen LogP contribution in [0.15, 0.2) is 66.9 Å². The number of thiazole rings is 1. The fourth-order valence-corrected chi connectivity index (χ4v) is 3.50. The highest BCUT2D eigenvalue weighted by atomic mass is 32.1. The van der Waals surface area contributed by atoms with E-state index in [-0.39, 0.29) is 12.5 Å². The van der Waals surface area contributed by atoms with Gasteiger partial charge in [0.1, 0.15) is 11.5 Å². The van der Waals surface area contributed by atoms with Crippen LogP contribution in [0.25, 0.3) is 10.2 Å². The molecule has 0 spiro atoms. The first-order valence-corrected chi connectivity index (χ1v) is 9.46. The van der Waals surface area contributed by atoms with E-state index in [1.165, 1.54) is 11.3 Å². The predicted molar refractivity (Wildman–Crippen MR) is 109 cm³/mol. The van der Waals surface area contributed by atoms with Gasteiger partial charge in [-0.3, -0.25) is 10.1 Å². The van der Waals surface area contributed by atoms with Gasteiger partial charge in [-0.2, -0.15) is 0 Å². The van der Waals surface area contributed by atoms with Crippen molar-refractivity contribution >= 4 is 32.6 Å². The summed E-state index contributed by atoms with van der Waals surface area (Å²) in [6.45, 7) is 1.92. The molecule has 0 aliphatic carbocycles. The number of rotatable bonds is 6. The number of hydrogen-bond donors (Lipinski definition) is 1. The number of benzene rings is 2. The fraction of sp³-hybridized carbons (Fsp3) is 0.0952. The number of amides is 1. The van der Waals surface area contributed by atoms with Gasteiger partial charge in [0.2, 0.25) is 5.88 Å². The third kappa shape index (κ3) is 4.44. The van der Waals surface area contributed by atoms with E-state index in [9.17, 15) is 4.79 Å². The van der Waals surface area contributed by atoms with E-state index in [1.54, 1.807) is 36.5 Å². The van der Waals surface area contributed by atoms with E-state index in [2.05, 4.69) is 15.3 Å². The lowest BCUT2D eigenvalue weighted by Gasteiger charge is -2.07.